The minimum atomic E-state index is -1.22. The number of aliphatic carboxylic acids is 1. The summed E-state index contributed by atoms with van der Waals surface area (Å²) >= 11 is 12.1. The zero-order chi connectivity index (χ0) is 24.4. The van der Waals surface area contributed by atoms with Gasteiger partial charge >= 0.3 is 5.97 Å². The number of nitrogens with zero attached hydrogens (tertiary/aromatic N) is 2. The fourth-order valence-corrected chi connectivity index (χ4v) is 4.22. The average molecular weight is 503 g/mol. The zero-order valence-corrected chi connectivity index (χ0v) is 19.5. The van der Waals surface area contributed by atoms with Crippen LogP contribution in [0.1, 0.15) is 15.9 Å². The van der Waals surface area contributed by atoms with Crippen molar-refractivity contribution in [2.24, 2.45) is 7.05 Å². The van der Waals surface area contributed by atoms with E-state index in [2.05, 4.69) is 15.7 Å². The Hall–Kier alpha value is -3.56. The maximum absolute atomic E-state index is 12.8. The largest absolute Gasteiger partial charge is 0.480 e. The van der Waals surface area contributed by atoms with E-state index >= 15 is 0 Å². The molecule has 3 aromatic rings. The van der Waals surface area contributed by atoms with Crippen molar-refractivity contribution < 1.29 is 19.4 Å². The minimum absolute atomic E-state index is 0.0112. The molecule has 176 valence electrons. The van der Waals surface area contributed by atoms with Gasteiger partial charge in [-0.3, -0.25) is 9.59 Å². The number of rotatable bonds is 6. The van der Waals surface area contributed by atoms with Crippen molar-refractivity contribution in [3.8, 4) is 17.0 Å². The van der Waals surface area contributed by atoms with Crippen LogP contribution in [0.4, 0.5) is 5.69 Å². The van der Waals surface area contributed by atoms with Gasteiger partial charge in [-0.15, -0.1) is 5.10 Å². The number of carboxylic acids is 1. The van der Waals surface area contributed by atoms with E-state index in [1.54, 1.807) is 37.4 Å². The normalized spacial score (nSPS) is 13.3. The average Bonchev–Trinajstić information content (AvgIpc) is 2.80. The standard InChI is InChI=1S/C23H20Cl2N4O5/c1-29-22(31)17(19-21(28-29)34-10-9-26-19)13-7-5-12(6-8-13)11-16(23(32)33)27-20(30)18-14(24)3-2-4-15(18)25/h2-8,16,26H,9-11H2,1H3,(H,27,30)(H,32,33)/t16-/m0/s1. The molecule has 0 bridgehead atoms. The fraction of sp³-hybridized carbons (Fsp3) is 0.217. The zero-order valence-electron chi connectivity index (χ0n) is 18.0. The molecule has 0 aliphatic carbocycles. The molecule has 34 heavy (non-hydrogen) atoms. The van der Waals surface area contributed by atoms with Crippen LogP contribution in [-0.4, -0.2) is 46.0 Å². The summed E-state index contributed by atoms with van der Waals surface area (Å²) in [5.41, 5.74) is 1.92. The smallest absolute Gasteiger partial charge is 0.326 e. The molecule has 1 atom stereocenters. The topological polar surface area (TPSA) is 123 Å². The molecule has 1 aromatic heterocycles. The Balaban J connectivity index is 1.57. The lowest BCUT2D eigenvalue weighted by Gasteiger charge is -2.21. The highest BCUT2D eigenvalue weighted by Crippen LogP contribution is 2.33. The Bertz CT molecular complexity index is 1300. The molecule has 1 aliphatic heterocycles. The maximum atomic E-state index is 12.8. The summed E-state index contributed by atoms with van der Waals surface area (Å²) in [7, 11) is 1.55. The Kier molecular flexibility index (Phi) is 6.76. The quantitative estimate of drug-likeness (QED) is 0.473. The predicted molar refractivity (Wildman–Crippen MR) is 128 cm³/mol. The van der Waals surface area contributed by atoms with E-state index in [1.165, 1.54) is 16.8 Å². The van der Waals surface area contributed by atoms with Crippen molar-refractivity contribution in [2.45, 2.75) is 12.5 Å². The Morgan fingerprint density at radius 2 is 1.88 bits per heavy atom. The molecule has 0 saturated heterocycles. The second-order valence-corrected chi connectivity index (χ2v) is 8.44. The summed E-state index contributed by atoms with van der Waals surface area (Å²) in [4.78, 5) is 37.2. The molecule has 3 N–H and O–H groups in total. The molecule has 2 heterocycles. The summed E-state index contributed by atoms with van der Waals surface area (Å²) in [5, 5.41) is 19.7. The second-order valence-electron chi connectivity index (χ2n) is 7.62. The summed E-state index contributed by atoms with van der Waals surface area (Å²) < 4.78 is 6.77. The highest BCUT2D eigenvalue weighted by molar-refractivity contribution is 6.39. The van der Waals surface area contributed by atoms with Crippen LogP contribution < -0.4 is 20.9 Å². The van der Waals surface area contributed by atoms with Crippen LogP contribution in [0.15, 0.2) is 47.3 Å². The van der Waals surface area contributed by atoms with E-state index in [-0.39, 0.29) is 27.6 Å². The molecule has 0 unspecified atom stereocenters. The number of carbonyl (C=O) groups excluding carboxylic acids is 1. The van der Waals surface area contributed by atoms with Gasteiger partial charge in [0.2, 0.25) is 0 Å². The summed E-state index contributed by atoms with van der Waals surface area (Å²) in [6.45, 7) is 0.987. The minimum Gasteiger partial charge on any atom is -0.480 e. The number of hydrogen-bond acceptors (Lipinski definition) is 6. The third-order valence-corrected chi connectivity index (χ3v) is 5.96. The lowest BCUT2D eigenvalue weighted by molar-refractivity contribution is -0.139. The fourth-order valence-electron chi connectivity index (χ4n) is 3.65. The highest BCUT2D eigenvalue weighted by Gasteiger charge is 2.25. The van der Waals surface area contributed by atoms with Crippen LogP contribution in [0.25, 0.3) is 11.1 Å². The third-order valence-electron chi connectivity index (χ3n) is 5.33. The van der Waals surface area contributed by atoms with E-state index in [0.717, 1.165) is 0 Å². The van der Waals surface area contributed by atoms with Gasteiger partial charge in [-0.25, -0.2) is 9.48 Å². The molecule has 0 fully saturated rings. The molecule has 11 heteroatoms. The van der Waals surface area contributed by atoms with Crippen molar-refractivity contribution in [3.63, 3.8) is 0 Å². The number of amides is 1. The number of hydrogen-bond donors (Lipinski definition) is 3. The Morgan fingerprint density at radius 3 is 2.53 bits per heavy atom. The molecule has 9 nitrogen and oxygen atoms in total. The van der Waals surface area contributed by atoms with Gasteiger partial charge in [0.05, 0.1) is 21.2 Å². The first-order valence-electron chi connectivity index (χ1n) is 10.3. The third kappa shape index (κ3) is 4.71. The first-order valence-corrected chi connectivity index (χ1v) is 11.1. The van der Waals surface area contributed by atoms with Gasteiger partial charge in [-0.2, -0.15) is 0 Å². The van der Waals surface area contributed by atoms with Crippen molar-refractivity contribution in [2.75, 3.05) is 18.5 Å². The van der Waals surface area contributed by atoms with Gasteiger partial charge in [0.15, 0.2) is 0 Å². The monoisotopic (exact) mass is 502 g/mol. The van der Waals surface area contributed by atoms with E-state index in [0.29, 0.717) is 41.4 Å². The first kappa shape index (κ1) is 23.6. The molecule has 1 amide bonds. The summed E-state index contributed by atoms with van der Waals surface area (Å²) in [6, 6.07) is 10.2. The molecule has 0 radical (unpaired) electrons. The number of carboxylic acid groups (broad SMARTS) is 1. The number of ether oxygens (including phenoxy) is 1. The molecule has 4 rings (SSSR count). The van der Waals surface area contributed by atoms with Gasteiger partial charge in [0.25, 0.3) is 17.3 Å². The number of anilines is 1. The van der Waals surface area contributed by atoms with Crippen molar-refractivity contribution >= 4 is 40.8 Å². The first-order chi connectivity index (χ1) is 16.3. The van der Waals surface area contributed by atoms with Crippen LogP contribution >= 0.6 is 23.2 Å². The summed E-state index contributed by atoms with van der Waals surface area (Å²) in [5.74, 6) is -1.55. The lowest BCUT2D eigenvalue weighted by Crippen LogP contribution is -2.42. The molecule has 1 aliphatic rings. The van der Waals surface area contributed by atoms with Gasteiger partial charge < -0.3 is 20.5 Å². The van der Waals surface area contributed by atoms with E-state index in [1.807, 2.05) is 0 Å². The summed E-state index contributed by atoms with van der Waals surface area (Å²) in [6.07, 6.45) is 0.0112. The number of halogens is 2. The van der Waals surface area contributed by atoms with Gasteiger partial charge in [-0.1, -0.05) is 53.5 Å². The SMILES string of the molecule is Cn1nc2c(c(-c3ccc(C[C@H](NC(=O)c4c(Cl)cccc4Cl)C(=O)O)cc3)c1=O)NCCO2. The van der Waals surface area contributed by atoms with Crippen molar-refractivity contribution in [3.05, 3.63) is 74.0 Å². The Morgan fingerprint density at radius 1 is 1.21 bits per heavy atom. The van der Waals surface area contributed by atoms with Crippen molar-refractivity contribution in [1.82, 2.24) is 15.1 Å². The maximum Gasteiger partial charge on any atom is 0.326 e. The van der Waals surface area contributed by atoms with Gasteiger partial charge in [0, 0.05) is 20.0 Å². The predicted octanol–water partition coefficient (Wildman–Crippen LogP) is 2.98. The number of nitrogens with one attached hydrogen (secondary N) is 2. The van der Waals surface area contributed by atoms with Gasteiger partial charge in [0.1, 0.15) is 18.3 Å². The number of fused-ring (bicyclic) bond motifs is 1. The van der Waals surface area contributed by atoms with Crippen LogP contribution in [0.2, 0.25) is 10.0 Å². The van der Waals surface area contributed by atoms with E-state index in [4.69, 9.17) is 27.9 Å². The second kappa shape index (κ2) is 9.74. The molecule has 0 saturated carbocycles. The van der Waals surface area contributed by atoms with Crippen LogP contribution in [0.5, 0.6) is 5.88 Å². The molecular weight excluding hydrogens is 483 g/mol. The molecule has 2 aromatic carbocycles. The molecule has 0 spiro atoms. The molecular formula is C23H20Cl2N4O5. The number of carbonyl (C=O) groups is 2. The van der Waals surface area contributed by atoms with E-state index < -0.39 is 17.9 Å². The van der Waals surface area contributed by atoms with Crippen LogP contribution in [0, 0.1) is 0 Å². The number of benzene rings is 2. The highest BCUT2D eigenvalue weighted by atomic mass is 35.5. The van der Waals surface area contributed by atoms with Crippen molar-refractivity contribution in [1.29, 1.82) is 0 Å². The number of aryl methyl sites for hydroxylation is 1. The Labute approximate surface area is 204 Å². The van der Waals surface area contributed by atoms with Crippen LogP contribution in [-0.2, 0) is 18.3 Å². The van der Waals surface area contributed by atoms with Crippen LogP contribution in [0.3, 0.4) is 0 Å². The van der Waals surface area contributed by atoms with E-state index in [9.17, 15) is 19.5 Å². The lowest BCUT2D eigenvalue weighted by atomic mass is 10.00. The number of aromatic nitrogens is 2. The van der Waals surface area contributed by atoms with Gasteiger partial charge in [-0.05, 0) is 23.3 Å².